The average molecular weight is 591 g/mol. The molecule has 0 saturated carbocycles. The molecule has 0 amide bonds. The first kappa shape index (κ1) is 37.9. The minimum absolute atomic E-state index is 1.26. The topological polar surface area (TPSA) is 0 Å². The van der Waals surface area contributed by atoms with E-state index in [0.29, 0.717) is 0 Å². The maximum Gasteiger partial charge on any atom is -0.0149 e. The number of hydrogen-bond donors (Lipinski definition) is 0. The maximum atomic E-state index is 2.52. The predicted octanol–water partition coefficient (Wildman–Crippen LogP) is 15.2. The Hall–Kier alpha value is -1.30. The van der Waals surface area contributed by atoms with E-state index in [4.69, 9.17) is 0 Å². The molecular formula is C43H74. The summed E-state index contributed by atoms with van der Waals surface area (Å²) in [5.41, 5.74) is 4.87. The van der Waals surface area contributed by atoms with Crippen molar-refractivity contribution in [2.75, 3.05) is 0 Å². The van der Waals surface area contributed by atoms with Gasteiger partial charge in [-0.2, -0.15) is 0 Å². The first-order valence-electron chi connectivity index (χ1n) is 19.8. The molecule has 246 valence electrons. The zero-order chi connectivity index (χ0) is 30.6. The Bertz CT molecular complexity index is 892. The smallest absolute Gasteiger partial charge is 0.0149 e. The van der Waals surface area contributed by atoms with Crippen LogP contribution in [0.15, 0.2) is 30.3 Å². The van der Waals surface area contributed by atoms with E-state index >= 15 is 0 Å². The van der Waals surface area contributed by atoms with Crippen molar-refractivity contribution in [1.29, 1.82) is 0 Å². The fourth-order valence-corrected chi connectivity index (χ4v) is 7.18. The third-order valence-corrected chi connectivity index (χ3v) is 10.1. The molecule has 0 atom stereocenters. The molecule has 2 aromatic carbocycles. The zero-order valence-corrected chi connectivity index (χ0v) is 29.6. The summed E-state index contributed by atoms with van der Waals surface area (Å²) in [6, 6.07) is 11.7. The van der Waals surface area contributed by atoms with Gasteiger partial charge in [0.2, 0.25) is 0 Å². The van der Waals surface area contributed by atoms with E-state index in [1.807, 2.05) is 0 Å². The number of rotatable bonds is 30. The Morgan fingerprint density at radius 2 is 0.744 bits per heavy atom. The van der Waals surface area contributed by atoms with Crippen LogP contribution >= 0.6 is 0 Å². The van der Waals surface area contributed by atoms with Crippen LogP contribution in [-0.2, 0) is 12.8 Å². The van der Waals surface area contributed by atoms with E-state index in [1.165, 1.54) is 203 Å². The van der Waals surface area contributed by atoms with Gasteiger partial charge in [0.05, 0.1) is 0 Å². The van der Waals surface area contributed by atoms with Crippen molar-refractivity contribution in [3.8, 4) is 0 Å². The summed E-state index contributed by atoms with van der Waals surface area (Å²) >= 11 is 0. The molecule has 0 aliphatic heterocycles. The summed E-state index contributed by atoms with van der Waals surface area (Å²) in [5.74, 6) is 0. The van der Waals surface area contributed by atoms with Gasteiger partial charge in [-0.25, -0.2) is 0 Å². The van der Waals surface area contributed by atoms with Crippen molar-refractivity contribution in [2.45, 2.75) is 213 Å². The van der Waals surface area contributed by atoms with Crippen LogP contribution in [0.1, 0.15) is 210 Å². The lowest BCUT2D eigenvalue weighted by Crippen LogP contribution is -1.99. The van der Waals surface area contributed by atoms with Crippen molar-refractivity contribution >= 4 is 10.8 Å². The molecule has 0 fully saturated rings. The van der Waals surface area contributed by atoms with Crippen molar-refractivity contribution in [3.05, 3.63) is 47.0 Å². The number of unbranched alkanes of at least 4 members (excludes halogenated alkanes) is 26. The van der Waals surface area contributed by atoms with Crippen molar-refractivity contribution in [2.24, 2.45) is 0 Å². The quantitative estimate of drug-likeness (QED) is 0.0794. The molecule has 0 aromatic heterocycles. The molecule has 0 heteroatoms. The van der Waals surface area contributed by atoms with Crippen LogP contribution in [0.5, 0.6) is 0 Å². The average Bonchev–Trinajstić information content (AvgIpc) is 3.02. The summed E-state index contributed by atoms with van der Waals surface area (Å²) < 4.78 is 0. The fourth-order valence-electron chi connectivity index (χ4n) is 7.18. The van der Waals surface area contributed by atoms with E-state index in [1.54, 1.807) is 16.7 Å². The van der Waals surface area contributed by atoms with Gasteiger partial charge in [0.15, 0.2) is 0 Å². The van der Waals surface area contributed by atoms with Gasteiger partial charge in [0.1, 0.15) is 0 Å². The van der Waals surface area contributed by atoms with Gasteiger partial charge in [-0.3, -0.25) is 0 Å². The molecule has 0 N–H and O–H groups in total. The van der Waals surface area contributed by atoms with E-state index in [0.717, 1.165) is 0 Å². The first-order chi connectivity index (χ1) is 21.3. The monoisotopic (exact) mass is 591 g/mol. The fraction of sp³-hybridized carbons (Fsp3) is 0.767. The molecule has 0 aliphatic carbocycles. The second kappa shape index (κ2) is 27.0. The molecule has 0 radical (unpaired) electrons. The van der Waals surface area contributed by atoms with Crippen molar-refractivity contribution in [3.63, 3.8) is 0 Å². The van der Waals surface area contributed by atoms with Crippen LogP contribution < -0.4 is 0 Å². The molecule has 43 heavy (non-hydrogen) atoms. The summed E-state index contributed by atoms with van der Waals surface area (Å²) in [7, 11) is 0. The highest BCUT2D eigenvalue weighted by Crippen LogP contribution is 2.29. The molecule has 0 nitrogen and oxygen atoms in total. The zero-order valence-electron chi connectivity index (χ0n) is 29.6. The Labute approximate surface area is 270 Å². The number of hydrogen-bond acceptors (Lipinski definition) is 0. The predicted molar refractivity (Wildman–Crippen MR) is 197 cm³/mol. The standard InChI is InChI=1S/C43H74/c1-4-6-8-10-12-14-16-18-20-22-24-26-28-30-34-40-38-41-35-32-33-37-43(41)42(39(40)3)36-31-29-27-25-23-21-19-17-15-13-11-9-7-5-2/h32-33,35,37-38H,4-31,34,36H2,1-3H3. The lowest BCUT2D eigenvalue weighted by atomic mass is 9.89. The van der Waals surface area contributed by atoms with Gasteiger partial charge < -0.3 is 0 Å². The Kier molecular flexibility index (Phi) is 23.8. The van der Waals surface area contributed by atoms with Crippen LogP contribution in [0.2, 0.25) is 0 Å². The van der Waals surface area contributed by atoms with E-state index in [2.05, 4.69) is 51.1 Å². The molecule has 2 rings (SSSR count). The molecule has 0 heterocycles. The van der Waals surface area contributed by atoms with Crippen LogP contribution in [0.4, 0.5) is 0 Å². The molecule has 0 saturated heterocycles. The van der Waals surface area contributed by atoms with Crippen LogP contribution in [0.3, 0.4) is 0 Å². The lowest BCUT2D eigenvalue weighted by molar-refractivity contribution is 0.535. The molecule has 0 aliphatic rings. The number of benzene rings is 2. The van der Waals surface area contributed by atoms with Crippen LogP contribution in [0, 0.1) is 6.92 Å². The van der Waals surface area contributed by atoms with E-state index in [-0.39, 0.29) is 0 Å². The first-order valence-corrected chi connectivity index (χ1v) is 19.8. The van der Waals surface area contributed by atoms with Gasteiger partial charge in [-0.05, 0) is 60.1 Å². The van der Waals surface area contributed by atoms with E-state index in [9.17, 15) is 0 Å². The largest absolute Gasteiger partial charge is 0.0654 e. The SMILES string of the molecule is CCCCCCCCCCCCCCCCc1cc2ccccc2c(CCCCCCCCCCCCCCCC)c1C. The van der Waals surface area contributed by atoms with Crippen molar-refractivity contribution < 1.29 is 0 Å². The highest BCUT2D eigenvalue weighted by atomic mass is 14.1. The summed E-state index contributed by atoms with van der Waals surface area (Å²) in [6.07, 6.45) is 42.7. The van der Waals surface area contributed by atoms with E-state index < -0.39 is 0 Å². The normalized spacial score (nSPS) is 11.6. The minimum Gasteiger partial charge on any atom is -0.0654 e. The molecule has 2 aromatic rings. The molecule has 0 unspecified atom stereocenters. The van der Waals surface area contributed by atoms with Gasteiger partial charge in [0, 0.05) is 0 Å². The Balaban J connectivity index is 1.58. The molecule has 0 bridgehead atoms. The second-order valence-corrected chi connectivity index (χ2v) is 14.1. The van der Waals surface area contributed by atoms with Gasteiger partial charge in [0.25, 0.3) is 0 Å². The second-order valence-electron chi connectivity index (χ2n) is 14.1. The maximum absolute atomic E-state index is 2.52. The highest BCUT2D eigenvalue weighted by molar-refractivity contribution is 5.87. The number of aryl methyl sites for hydroxylation is 2. The van der Waals surface area contributed by atoms with Gasteiger partial charge >= 0.3 is 0 Å². The lowest BCUT2D eigenvalue weighted by Gasteiger charge is -2.16. The third kappa shape index (κ3) is 18.3. The number of fused-ring (bicyclic) bond motifs is 1. The summed E-state index contributed by atoms with van der Waals surface area (Å²) in [5, 5.41) is 2.98. The van der Waals surface area contributed by atoms with Crippen LogP contribution in [-0.4, -0.2) is 0 Å². The van der Waals surface area contributed by atoms with Crippen molar-refractivity contribution in [1.82, 2.24) is 0 Å². The molecule has 0 spiro atoms. The Morgan fingerprint density at radius 3 is 1.16 bits per heavy atom. The summed E-state index contributed by atoms with van der Waals surface area (Å²) in [6.45, 7) is 7.04. The highest BCUT2D eigenvalue weighted by Gasteiger charge is 2.10. The van der Waals surface area contributed by atoms with Gasteiger partial charge in [-0.15, -0.1) is 0 Å². The third-order valence-electron chi connectivity index (χ3n) is 10.1. The Morgan fingerprint density at radius 1 is 0.395 bits per heavy atom. The minimum atomic E-state index is 1.26. The van der Waals surface area contributed by atoms with Gasteiger partial charge in [-0.1, -0.05) is 211 Å². The molecular weight excluding hydrogens is 516 g/mol. The summed E-state index contributed by atoms with van der Waals surface area (Å²) in [4.78, 5) is 0. The van der Waals surface area contributed by atoms with Crippen LogP contribution in [0.25, 0.3) is 10.8 Å².